The van der Waals surface area contributed by atoms with Crippen LogP contribution in [0.1, 0.15) is 37.6 Å². The fraction of sp³-hybridized carbons (Fsp3) is 0.300. The molecule has 0 spiro atoms. The lowest BCUT2D eigenvalue weighted by Gasteiger charge is -2.19. The Morgan fingerprint density at radius 3 is 2.04 bits per heavy atom. The van der Waals surface area contributed by atoms with Crippen molar-refractivity contribution in [3.63, 3.8) is 0 Å². The third-order valence-electron chi connectivity index (χ3n) is 3.25. The van der Waals surface area contributed by atoms with Gasteiger partial charge in [-0.15, -0.1) is 0 Å². The van der Waals surface area contributed by atoms with E-state index in [0.717, 1.165) is 0 Å². The Bertz CT molecular complexity index is 749. The molecule has 138 valence electrons. The first kappa shape index (κ1) is 19.8. The molecule has 2 aromatic rings. The summed E-state index contributed by atoms with van der Waals surface area (Å²) in [6, 6.07) is 13.9. The maximum atomic E-state index is 12.2. The van der Waals surface area contributed by atoms with Crippen molar-refractivity contribution in [3.8, 4) is 11.5 Å². The quantitative estimate of drug-likeness (QED) is 0.702. The van der Waals surface area contributed by atoms with Gasteiger partial charge in [-0.25, -0.2) is 4.79 Å². The number of hydrogen-bond donors (Lipinski definition) is 1. The van der Waals surface area contributed by atoms with Gasteiger partial charge in [-0.05, 0) is 69.3 Å². The predicted molar refractivity (Wildman–Crippen MR) is 101 cm³/mol. The minimum atomic E-state index is -0.561. The van der Waals surface area contributed by atoms with Crippen LogP contribution in [0.3, 0.4) is 0 Å². The SMILES string of the molecule is CC(C)(C)OC(=O)NCCC(=O)c1ccc(Oc2ccc(Cl)cc2)cc1. The van der Waals surface area contributed by atoms with E-state index in [1.807, 2.05) is 0 Å². The first-order chi connectivity index (χ1) is 12.2. The average molecular weight is 376 g/mol. The van der Waals surface area contributed by atoms with Crippen molar-refractivity contribution in [2.45, 2.75) is 32.8 Å². The van der Waals surface area contributed by atoms with Crippen LogP contribution in [0.2, 0.25) is 5.02 Å². The second-order valence-corrected chi connectivity index (χ2v) is 7.12. The molecule has 0 saturated heterocycles. The minimum Gasteiger partial charge on any atom is -0.457 e. The lowest BCUT2D eigenvalue weighted by atomic mass is 10.1. The highest BCUT2D eigenvalue weighted by Crippen LogP contribution is 2.23. The van der Waals surface area contributed by atoms with Crippen molar-refractivity contribution >= 4 is 23.5 Å². The van der Waals surface area contributed by atoms with Gasteiger partial charge < -0.3 is 14.8 Å². The summed E-state index contributed by atoms with van der Waals surface area (Å²) in [6.07, 6.45) is -0.339. The lowest BCUT2D eigenvalue weighted by molar-refractivity contribution is 0.0527. The molecule has 0 aliphatic carbocycles. The number of ether oxygens (including phenoxy) is 2. The van der Waals surface area contributed by atoms with Crippen molar-refractivity contribution in [2.24, 2.45) is 0 Å². The number of amides is 1. The van der Waals surface area contributed by atoms with Crippen LogP contribution >= 0.6 is 11.6 Å². The number of benzene rings is 2. The number of ketones is 1. The summed E-state index contributed by atoms with van der Waals surface area (Å²) in [5, 5.41) is 3.21. The first-order valence-corrected chi connectivity index (χ1v) is 8.64. The number of rotatable bonds is 6. The molecule has 2 aromatic carbocycles. The van der Waals surface area contributed by atoms with Crippen LogP contribution in [0.4, 0.5) is 4.79 Å². The Balaban J connectivity index is 1.82. The van der Waals surface area contributed by atoms with Crippen molar-refractivity contribution < 1.29 is 19.1 Å². The van der Waals surface area contributed by atoms with Gasteiger partial charge in [0.2, 0.25) is 0 Å². The van der Waals surface area contributed by atoms with Crippen molar-refractivity contribution in [1.82, 2.24) is 5.32 Å². The van der Waals surface area contributed by atoms with E-state index in [9.17, 15) is 9.59 Å². The largest absolute Gasteiger partial charge is 0.457 e. The van der Waals surface area contributed by atoms with Crippen molar-refractivity contribution in [1.29, 1.82) is 0 Å². The summed E-state index contributed by atoms with van der Waals surface area (Å²) in [5.41, 5.74) is -0.00646. The van der Waals surface area contributed by atoms with Crippen LogP contribution in [0, 0.1) is 0 Å². The van der Waals surface area contributed by atoms with E-state index < -0.39 is 11.7 Å². The molecule has 0 heterocycles. The third-order valence-corrected chi connectivity index (χ3v) is 3.50. The van der Waals surface area contributed by atoms with Crippen LogP contribution in [0.15, 0.2) is 48.5 Å². The second kappa shape index (κ2) is 8.72. The summed E-state index contributed by atoms with van der Waals surface area (Å²) in [7, 11) is 0. The van der Waals surface area contributed by atoms with E-state index in [1.165, 1.54) is 0 Å². The molecule has 0 aliphatic rings. The fourth-order valence-electron chi connectivity index (χ4n) is 2.08. The van der Waals surface area contributed by atoms with Crippen LogP contribution in [-0.2, 0) is 4.74 Å². The van der Waals surface area contributed by atoms with Gasteiger partial charge in [0.1, 0.15) is 17.1 Å². The van der Waals surface area contributed by atoms with Crippen molar-refractivity contribution in [3.05, 3.63) is 59.1 Å². The van der Waals surface area contributed by atoms with E-state index in [2.05, 4.69) is 5.32 Å². The van der Waals surface area contributed by atoms with Gasteiger partial charge in [-0.3, -0.25) is 4.79 Å². The molecule has 1 N–H and O–H groups in total. The average Bonchev–Trinajstić information content (AvgIpc) is 2.56. The maximum Gasteiger partial charge on any atom is 0.407 e. The molecule has 0 saturated carbocycles. The Morgan fingerprint density at radius 1 is 0.962 bits per heavy atom. The smallest absolute Gasteiger partial charge is 0.407 e. The highest BCUT2D eigenvalue weighted by atomic mass is 35.5. The Labute approximate surface area is 158 Å². The molecule has 6 heteroatoms. The van der Waals surface area contributed by atoms with E-state index >= 15 is 0 Å². The van der Waals surface area contributed by atoms with Crippen molar-refractivity contribution in [2.75, 3.05) is 6.54 Å². The third kappa shape index (κ3) is 6.76. The number of hydrogen-bond acceptors (Lipinski definition) is 4. The number of halogens is 1. The lowest BCUT2D eigenvalue weighted by Crippen LogP contribution is -2.33. The zero-order valence-electron chi connectivity index (χ0n) is 15.0. The molecule has 0 aromatic heterocycles. The molecule has 1 amide bonds. The normalized spacial score (nSPS) is 10.9. The number of carbonyl (C=O) groups is 2. The zero-order valence-corrected chi connectivity index (χ0v) is 15.8. The van der Waals surface area contributed by atoms with Crippen LogP contribution in [0.25, 0.3) is 0 Å². The molecule has 0 fully saturated rings. The number of nitrogens with one attached hydrogen (secondary N) is 1. The summed E-state index contributed by atoms with van der Waals surface area (Å²) >= 11 is 5.84. The molecule has 2 rings (SSSR count). The van der Waals surface area contributed by atoms with Gasteiger partial charge >= 0.3 is 6.09 Å². The molecule has 5 nitrogen and oxygen atoms in total. The van der Waals surface area contributed by atoms with Gasteiger partial charge in [0.05, 0.1) is 0 Å². The Morgan fingerprint density at radius 2 is 1.50 bits per heavy atom. The minimum absolute atomic E-state index is 0.0703. The van der Waals surface area contributed by atoms with Gasteiger partial charge in [0.25, 0.3) is 0 Å². The maximum absolute atomic E-state index is 12.2. The number of alkyl carbamates (subject to hydrolysis) is 1. The van der Waals surface area contributed by atoms with Gasteiger partial charge in [-0.2, -0.15) is 0 Å². The highest BCUT2D eigenvalue weighted by Gasteiger charge is 2.16. The monoisotopic (exact) mass is 375 g/mol. The van der Waals surface area contributed by atoms with Gasteiger partial charge in [0, 0.05) is 23.6 Å². The summed E-state index contributed by atoms with van der Waals surface area (Å²) in [5.74, 6) is 1.21. The Hall–Kier alpha value is -2.53. The summed E-state index contributed by atoms with van der Waals surface area (Å²) in [6.45, 7) is 5.57. The predicted octanol–water partition coefficient (Wildman–Crippen LogP) is 5.23. The number of Topliss-reactive ketones (excluding diaryl/α,β-unsaturated/α-hetero) is 1. The molecule has 0 bridgehead atoms. The van der Waals surface area contributed by atoms with Crippen LogP contribution in [-0.4, -0.2) is 24.0 Å². The van der Waals surface area contributed by atoms with Crippen LogP contribution in [0.5, 0.6) is 11.5 Å². The van der Waals surface area contributed by atoms with E-state index in [4.69, 9.17) is 21.1 Å². The molecule has 0 atom stereocenters. The molecule has 0 aliphatic heterocycles. The highest BCUT2D eigenvalue weighted by molar-refractivity contribution is 6.30. The molecule has 26 heavy (non-hydrogen) atoms. The zero-order chi connectivity index (χ0) is 19.2. The fourth-order valence-corrected chi connectivity index (χ4v) is 2.21. The summed E-state index contributed by atoms with van der Waals surface area (Å²) in [4.78, 5) is 23.7. The molecular weight excluding hydrogens is 354 g/mol. The topological polar surface area (TPSA) is 64.6 Å². The second-order valence-electron chi connectivity index (χ2n) is 6.68. The Kier molecular flexibility index (Phi) is 6.64. The summed E-state index contributed by atoms with van der Waals surface area (Å²) < 4.78 is 10.8. The van der Waals surface area contributed by atoms with E-state index in [0.29, 0.717) is 22.1 Å². The van der Waals surface area contributed by atoms with Crippen LogP contribution < -0.4 is 10.1 Å². The molecule has 0 unspecified atom stereocenters. The standard InChI is InChI=1S/C20H22ClNO4/c1-20(2,3)26-19(24)22-13-12-18(23)14-4-8-16(9-5-14)25-17-10-6-15(21)7-11-17/h4-11H,12-13H2,1-3H3,(H,22,24). The van der Waals surface area contributed by atoms with Gasteiger partial charge in [0.15, 0.2) is 5.78 Å². The molecule has 0 radical (unpaired) electrons. The van der Waals surface area contributed by atoms with E-state index in [-0.39, 0.29) is 18.7 Å². The number of carbonyl (C=O) groups excluding carboxylic acids is 2. The first-order valence-electron chi connectivity index (χ1n) is 8.26. The van der Waals surface area contributed by atoms with E-state index in [1.54, 1.807) is 69.3 Å². The molecular formula is C20H22ClNO4. The van der Waals surface area contributed by atoms with Gasteiger partial charge in [-0.1, -0.05) is 11.6 Å².